The van der Waals surface area contributed by atoms with Gasteiger partial charge >= 0.3 is 5.97 Å². The smallest absolute Gasteiger partial charge is 0.311 e. The number of epoxide rings is 1. The van der Waals surface area contributed by atoms with Crippen LogP contribution in [0.4, 0.5) is 0 Å². The Morgan fingerprint density at radius 2 is 1.13 bits per heavy atom. The third kappa shape index (κ3) is 10.3. The lowest BCUT2D eigenvalue weighted by Gasteiger charge is -2.48. The van der Waals surface area contributed by atoms with Gasteiger partial charge in [0, 0.05) is 12.7 Å². The summed E-state index contributed by atoms with van der Waals surface area (Å²) < 4.78 is 48.3. The summed E-state index contributed by atoms with van der Waals surface area (Å²) in [5, 5.41) is 17.1. The predicted molar refractivity (Wildman–Crippen MR) is 290 cm³/mol. The van der Waals surface area contributed by atoms with E-state index in [4.69, 9.17) is 32.2 Å². The molecule has 1 heterocycles. The first-order chi connectivity index (χ1) is 33.6. The normalized spacial score (nSPS) is 23.8. The Hall–Kier alpha value is -4.42. The Bertz CT molecular complexity index is 2510. The molecule has 0 bridgehead atoms. The first-order valence-electron chi connectivity index (χ1n) is 25.3. The van der Waals surface area contributed by atoms with E-state index in [0.29, 0.717) is 5.57 Å². The lowest BCUT2D eigenvalue weighted by Crippen LogP contribution is -2.71. The molecule has 0 saturated carbocycles. The fourth-order valence-electron chi connectivity index (χ4n) is 10.6. The maximum Gasteiger partial charge on any atom is 0.311 e. The standard InChI is InChI=1S/C59H76O9Si3/c1-14-69(15-2,16-3)67-50-37-38-51-59(65-51)44(39-40-58(50,61)52(64-43-62-13)42-63-54(60)55(4,5)6)41-49(66-70(56(7,8)9,45-29-21-17-22-30-45)46-31-23-18-24-32-46)53(59)68-71(57(10,11)12,47-33-25-19-26-34-47)48-35-27-20-28-36-48/h17-36,41,49-53,61H,14-16,42-43H2,1-13H3/t49-,50-,51-,52+,53+,58+,59+/m0/s1. The largest absolute Gasteiger partial charge is 0.462 e. The zero-order valence-corrected chi connectivity index (χ0v) is 47.3. The van der Waals surface area contributed by atoms with E-state index in [2.05, 4.69) is 189 Å². The fraction of sp³-hybridized carbons (Fsp3) is 0.475. The second-order valence-electron chi connectivity index (χ2n) is 22.3. The highest BCUT2D eigenvalue weighted by Gasteiger charge is 2.72. The first-order valence-corrected chi connectivity index (χ1v) is 31.7. The van der Waals surface area contributed by atoms with Gasteiger partial charge in [0.05, 0.1) is 11.5 Å². The zero-order valence-electron chi connectivity index (χ0n) is 44.3. The second kappa shape index (κ2) is 21.2. The predicted octanol–water partition coefficient (Wildman–Crippen LogP) is 8.67. The minimum atomic E-state index is -3.36. The summed E-state index contributed by atoms with van der Waals surface area (Å²) in [6.07, 6.45) is -2.52. The van der Waals surface area contributed by atoms with Crippen LogP contribution in [-0.4, -0.2) is 98.3 Å². The zero-order chi connectivity index (χ0) is 51.5. The van der Waals surface area contributed by atoms with Crippen molar-refractivity contribution in [2.75, 3.05) is 20.5 Å². The molecular formula is C59H76O9Si3. The van der Waals surface area contributed by atoms with Crippen molar-refractivity contribution in [2.24, 2.45) is 5.41 Å². The summed E-state index contributed by atoms with van der Waals surface area (Å²) in [6, 6.07) is 44.8. The molecule has 1 aliphatic heterocycles. The Kier molecular flexibility index (Phi) is 16.2. The number of methoxy groups -OCH3 is 1. The van der Waals surface area contributed by atoms with Crippen LogP contribution in [0, 0.1) is 29.1 Å². The molecule has 0 amide bonds. The van der Waals surface area contributed by atoms with Crippen LogP contribution in [0.15, 0.2) is 133 Å². The lowest BCUT2D eigenvalue weighted by molar-refractivity contribution is -0.185. The van der Waals surface area contributed by atoms with Crippen LogP contribution in [0.1, 0.15) is 83.1 Å². The number of rotatable bonds is 19. The SMILES string of the molecule is CC[Si](CC)(CC)O[C@H]1C#C[C@@H]2O[C@]23C(=C[C@H](O[Si](c2ccccc2)(c2ccccc2)C(C)(C)C)[C@H]3O[Si](c2ccccc2)(c2ccccc2)C(C)(C)C)C#C[C@]1(O)[C@@H](COC(=O)C(C)(C)C)OCOC. The summed E-state index contributed by atoms with van der Waals surface area (Å²) in [4.78, 5) is 13.4. The topological polar surface area (TPSA) is 105 Å². The van der Waals surface area contributed by atoms with Crippen molar-refractivity contribution in [2.45, 2.75) is 153 Å². The van der Waals surface area contributed by atoms with Crippen molar-refractivity contribution in [3.05, 3.63) is 133 Å². The molecule has 0 unspecified atom stereocenters. The molecule has 4 aromatic rings. The minimum absolute atomic E-state index is 0.207. The molecule has 4 aromatic carbocycles. The van der Waals surface area contributed by atoms with Crippen LogP contribution in [0.2, 0.25) is 28.2 Å². The Balaban J connectivity index is 1.52. The maximum absolute atomic E-state index is 13.5. The number of carbonyl (C=O) groups excluding carboxylic acids is 1. The molecule has 7 rings (SSSR count). The van der Waals surface area contributed by atoms with Crippen molar-refractivity contribution in [1.29, 1.82) is 0 Å². The molecule has 1 spiro atoms. The van der Waals surface area contributed by atoms with E-state index in [0.717, 1.165) is 38.9 Å². The van der Waals surface area contributed by atoms with Crippen LogP contribution >= 0.6 is 0 Å². The molecule has 71 heavy (non-hydrogen) atoms. The van der Waals surface area contributed by atoms with Gasteiger partial charge in [-0.3, -0.25) is 4.79 Å². The van der Waals surface area contributed by atoms with Crippen LogP contribution < -0.4 is 20.7 Å². The third-order valence-electron chi connectivity index (χ3n) is 14.9. The van der Waals surface area contributed by atoms with Crippen LogP contribution in [-0.2, 0) is 37.0 Å². The number of hydrogen-bond acceptors (Lipinski definition) is 9. The average molecular weight is 1010 g/mol. The third-order valence-corrected chi connectivity index (χ3v) is 29.5. The second-order valence-corrected chi connectivity index (χ2v) is 35.6. The van der Waals surface area contributed by atoms with Gasteiger partial charge in [-0.15, -0.1) is 0 Å². The van der Waals surface area contributed by atoms with Gasteiger partial charge in [-0.25, -0.2) is 0 Å². The van der Waals surface area contributed by atoms with Gasteiger partial charge in [0.15, 0.2) is 31.7 Å². The molecule has 1 fully saturated rings. The summed E-state index contributed by atoms with van der Waals surface area (Å²) in [7, 11) is -7.66. The van der Waals surface area contributed by atoms with E-state index in [9.17, 15) is 9.90 Å². The molecule has 2 aliphatic carbocycles. The minimum Gasteiger partial charge on any atom is -0.462 e. The molecule has 9 nitrogen and oxygen atoms in total. The van der Waals surface area contributed by atoms with Gasteiger partial charge < -0.3 is 37.3 Å². The highest BCUT2D eigenvalue weighted by atomic mass is 28.4. The van der Waals surface area contributed by atoms with Gasteiger partial charge in [-0.2, -0.15) is 0 Å². The lowest BCUT2D eigenvalue weighted by atomic mass is 9.90. The molecule has 1 saturated heterocycles. The van der Waals surface area contributed by atoms with Crippen LogP contribution in [0.3, 0.4) is 0 Å². The molecule has 3 aliphatic rings. The molecule has 0 radical (unpaired) electrons. The monoisotopic (exact) mass is 1010 g/mol. The van der Waals surface area contributed by atoms with Crippen LogP contribution in [0.25, 0.3) is 0 Å². The average Bonchev–Trinajstić information content (AvgIpc) is 4.00. The van der Waals surface area contributed by atoms with Gasteiger partial charge in [0.1, 0.15) is 25.6 Å². The molecule has 12 heteroatoms. The van der Waals surface area contributed by atoms with Gasteiger partial charge in [0.2, 0.25) is 0 Å². The first kappa shape index (κ1) is 54.4. The fourth-order valence-corrected chi connectivity index (χ4v) is 22.7. The number of benzene rings is 4. The molecule has 1 N–H and O–H groups in total. The Morgan fingerprint density at radius 3 is 1.54 bits per heavy atom. The van der Waals surface area contributed by atoms with Crippen molar-refractivity contribution in [3.8, 4) is 23.7 Å². The van der Waals surface area contributed by atoms with E-state index in [1.807, 2.05) is 24.3 Å². The number of hydrogen-bond donors (Lipinski definition) is 1. The van der Waals surface area contributed by atoms with Gasteiger partial charge in [-0.05, 0) is 75.8 Å². The summed E-state index contributed by atoms with van der Waals surface area (Å²) >= 11 is 0. The van der Waals surface area contributed by atoms with Gasteiger partial charge in [-0.1, -0.05) is 207 Å². The Morgan fingerprint density at radius 1 is 0.676 bits per heavy atom. The Labute approximate surface area is 427 Å². The van der Waals surface area contributed by atoms with Crippen molar-refractivity contribution in [1.82, 2.24) is 0 Å². The summed E-state index contributed by atoms with van der Waals surface area (Å²) in [5.41, 5.74) is -3.56. The highest BCUT2D eigenvalue weighted by molar-refractivity contribution is 7.00. The quantitative estimate of drug-likeness (QED) is 0.0325. The van der Waals surface area contributed by atoms with E-state index in [1.165, 1.54) is 7.11 Å². The van der Waals surface area contributed by atoms with E-state index in [1.54, 1.807) is 20.8 Å². The van der Waals surface area contributed by atoms with E-state index in [-0.39, 0.29) is 13.4 Å². The molecular weight excluding hydrogens is 937 g/mol. The van der Waals surface area contributed by atoms with E-state index >= 15 is 0 Å². The number of aliphatic hydroxyl groups is 1. The van der Waals surface area contributed by atoms with Crippen molar-refractivity contribution >= 4 is 51.7 Å². The molecule has 378 valence electrons. The van der Waals surface area contributed by atoms with E-state index < -0.39 is 88.1 Å². The van der Waals surface area contributed by atoms with Crippen LogP contribution in [0.5, 0.6) is 0 Å². The highest BCUT2D eigenvalue weighted by Crippen LogP contribution is 2.56. The van der Waals surface area contributed by atoms with Crippen molar-refractivity contribution < 1.29 is 42.1 Å². The van der Waals surface area contributed by atoms with Gasteiger partial charge in [0.25, 0.3) is 16.6 Å². The maximum atomic E-state index is 13.5. The number of ether oxygens (including phenoxy) is 4. The van der Waals surface area contributed by atoms with Crippen molar-refractivity contribution in [3.63, 3.8) is 0 Å². The molecule has 0 aromatic heterocycles. The summed E-state index contributed by atoms with van der Waals surface area (Å²) in [6.45, 7) is 24.8. The number of esters is 1. The molecule has 7 atom stereocenters. The summed E-state index contributed by atoms with van der Waals surface area (Å²) in [5.74, 6) is 13.3. The number of carbonyl (C=O) groups is 1.